The smallest absolute Gasteiger partial charge is 0.281 e. The van der Waals surface area contributed by atoms with Crippen molar-refractivity contribution in [2.45, 2.75) is 52.0 Å². The summed E-state index contributed by atoms with van der Waals surface area (Å²) in [5.74, 6) is 0. The molecule has 0 atom stereocenters. The fourth-order valence-electron chi connectivity index (χ4n) is 2.48. The molecule has 0 spiro atoms. The normalized spacial score (nSPS) is 18.4. The van der Waals surface area contributed by atoms with E-state index in [4.69, 9.17) is 0 Å². The van der Waals surface area contributed by atoms with Gasteiger partial charge in [0.05, 0.1) is 0 Å². The van der Waals surface area contributed by atoms with Crippen molar-refractivity contribution in [3.8, 4) is 0 Å². The van der Waals surface area contributed by atoms with E-state index in [1.165, 1.54) is 4.31 Å². The minimum atomic E-state index is -3.30. The number of rotatable bonds is 8. The van der Waals surface area contributed by atoms with Crippen molar-refractivity contribution in [3.05, 3.63) is 0 Å². The maximum Gasteiger partial charge on any atom is 0.281 e. The molecule has 5 nitrogen and oxygen atoms in total. The van der Waals surface area contributed by atoms with Gasteiger partial charge in [0.15, 0.2) is 0 Å². The molecule has 1 N–H and O–H groups in total. The van der Waals surface area contributed by atoms with Crippen molar-refractivity contribution in [1.29, 1.82) is 0 Å². The van der Waals surface area contributed by atoms with E-state index in [9.17, 15) is 8.42 Å². The number of hydrogen-bond acceptors (Lipinski definition) is 3. The van der Waals surface area contributed by atoms with Gasteiger partial charge >= 0.3 is 0 Å². The average Bonchev–Trinajstić information content (AvgIpc) is 2.42. The molecule has 19 heavy (non-hydrogen) atoms. The Bertz CT molecular complexity index is 340. The lowest BCUT2D eigenvalue weighted by molar-refractivity contribution is 0.245. The van der Waals surface area contributed by atoms with Crippen molar-refractivity contribution in [1.82, 2.24) is 13.9 Å². The Kier molecular flexibility index (Phi) is 7.28. The first kappa shape index (κ1) is 16.9. The molecular formula is C13H29N3O2S. The van der Waals surface area contributed by atoms with Crippen LogP contribution >= 0.6 is 0 Å². The van der Waals surface area contributed by atoms with E-state index < -0.39 is 10.2 Å². The second-order valence-corrected chi connectivity index (χ2v) is 7.26. The third kappa shape index (κ3) is 4.70. The topological polar surface area (TPSA) is 52.7 Å². The quantitative estimate of drug-likeness (QED) is 0.736. The van der Waals surface area contributed by atoms with Crippen molar-refractivity contribution in [2.24, 2.45) is 0 Å². The molecule has 1 rings (SSSR count). The highest BCUT2D eigenvalue weighted by molar-refractivity contribution is 7.86. The summed E-state index contributed by atoms with van der Waals surface area (Å²) in [6, 6.07) is 0.162. The Morgan fingerprint density at radius 3 is 2.26 bits per heavy atom. The van der Waals surface area contributed by atoms with Gasteiger partial charge in [-0.3, -0.25) is 0 Å². The molecule has 6 heteroatoms. The first-order valence-electron chi connectivity index (χ1n) is 7.47. The fourth-order valence-corrected chi connectivity index (χ4v) is 4.20. The first-order chi connectivity index (χ1) is 9.04. The number of piperidine rings is 1. The maximum atomic E-state index is 12.7. The molecule has 0 unspecified atom stereocenters. The molecule has 0 aliphatic carbocycles. The van der Waals surface area contributed by atoms with E-state index in [1.807, 2.05) is 6.92 Å². The maximum absolute atomic E-state index is 12.7. The average molecular weight is 291 g/mol. The third-order valence-electron chi connectivity index (χ3n) is 3.68. The zero-order valence-electron chi connectivity index (χ0n) is 12.6. The van der Waals surface area contributed by atoms with Gasteiger partial charge in [0.25, 0.3) is 10.2 Å². The molecule has 1 aliphatic rings. The minimum Gasteiger partial charge on any atom is -0.317 e. The number of nitrogens with one attached hydrogen (secondary N) is 1. The highest BCUT2D eigenvalue weighted by atomic mass is 32.2. The van der Waals surface area contributed by atoms with Crippen LogP contribution in [-0.4, -0.2) is 56.3 Å². The number of hydrogen-bond donors (Lipinski definition) is 1. The molecule has 1 aliphatic heterocycles. The van der Waals surface area contributed by atoms with Crippen LogP contribution in [-0.2, 0) is 10.2 Å². The van der Waals surface area contributed by atoms with Crippen LogP contribution in [0.5, 0.6) is 0 Å². The first-order valence-corrected chi connectivity index (χ1v) is 8.87. The van der Waals surface area contributed by atoms with Gasteiger partial charge in [0.1, 0.15) is 0 Å². The van der Waals surface area contributed by atoms with Crippen molar-refractivity contribution >= 4 is 10.2 Å². The Balaban J connectivity index is 2.77. The Morgan fingerprint density at radius 2 is 1.74 bits per heavy atom. The van der Waals surface area contributed by atoms with E-state index in [2.05, 4.69) is 12.2 Å². The van der Waals surface area contributed by atoms with Gasteiger partial charge in [-0.25, -0.2) is 0 Å². The lowest BCUT2D eigenvalue weighted by Gasteiger charge is -2.36. The van der Waals surface area contributed by atoms with Crippen molar-refractivity contribution in [3.63, 3.8) is 0 Å². The van der Waals surface area contributed by atoms with E-state index in [0.29, 0.717) is 13.1 Å². The van der Waals surface area contributed by atoms with Crippen molar-refractivity contribution < 1.29 is 8.42 Å². The fraction of sp³-hybridized carbons (Fsp3) is 1.00. The summed E-state index contributed by atoms with van der Waals surface area (Å²) in [5, 5.41) is 3.29. The SMILES string of the molecule is CCCCN(C)S(=O)(=O)N(CCC)C1CCNCC1. The molecule has 0 aromatic rings. The van der Waals surface area contributed by atoms with Crippen LogP contribution in [0.25, 0.3) is 0 Å². The van der Waals surface area contributed by atoms with Gasteiger partial charge in [0.2, 0.25) is 0 Å². The zero-order chi connectivity index (χ0) is 14.3. The van der Waals surface area contributed by atoms with Crippen LogP contribution in [0, 0.1) is 0 Å². The number of nitrogens with zero attached hydrogens (tertiary/aromatic N) is 2. The largest absolute Gasteiger partial charge is 0.317 e. The molecule has 114 valence electrons. The second kappa shape index (κ2) is 8.19. The molecule has 0 amide bonds. The standard InChI is InChI=1S/C13H29N3O2S/c1-4-6-12-15(3)19(17,18)16(11-5-2)13-7-9-14-10-8-13/h13-14H,4-12H2,1-3H3. The van der Waals surface area contributed by atoms with Gasteiger partial charge in [-0.05, 0) is 38.8 Å². The van der Waals surface area contributed by atoms with Crippen LogP contribution in [0.2, 0.25) is 0 Å². The lowest BCUT2D eigenvalue weighted by Crippen LogP contribution is -2.51. The molecule has 0 saturated carbocycles. The summed E-state index contributed by atoms with van der Waals surface area (Å²) < 4.78 is 28.6. The molecular weight excluding hydrogens is 262 g/mol. The van der Waals surface area contributed by atoms with Gasteiger partial charge in [-0.2, -0.15) is 17.0 Å². The van der Waals surface area contributed by atoms with Gasteiger partial charge in [0, 0.05) is 26.2 Å². The summed E-state index contributed by atoms with van der Waals surface area (Å²) >= 11 is 0. The second-order valence-electron chi connectivity index (χ2n) is 5.27. The van der Waals surface area contributed by atoms with E-state index in [-0.39, 0.29) is 6.04 Å². The molecule has 1 heterocycles. The minimum absolute atomic E-state index is 0.162. The van der Waals surface area contributed by atoms with E-state index in [1.54, 1.807) is 11.4 Å². The van der Waals surface area contributed by atoms with Crippen LogP contribution < -0.4 is 5.32 Å². The van der Waals surface area contributed by atoms with Crippen LogP contribution in [0.4, 0.5) is 0 Å². The molecule has 0 radical (unpaired) electrons. The van der Waals surface area contributed by atoms with Crippen LogP contribution in [0.1, 0.15) is 46.0 Å². The summed E-state index contributed by atoms with van der Waals surface area (Å²) in [7, 11) is -1.59. The predicted molar refractivity (Wildman–Crippen MR) is 79.3 cm³/mol. The lowest BCUT2D eigenvalue weighted by atomic mass is 10.1. The highest BCUT2D eigenvalue weighted by Crippen LogP contribution is 2.19. The Labute approximate surface area is 118 Å². The van der Waals surface area contributed by atoms with Crippen molar-refractivity contribution in [2.75, 3.05) is 33.2 Å². The summed E-state index contributed by atoms with van der Waals surface area (Å²) in [6.45, 7) is 7.19. The number of unbranched alkanes of at least 4 members (excludes halogenated alkanes) is 1. The molecule has 1 fully saturated rings. The summed E-state index contributed by atoms with van der Waals surface area (Å²) in [4.78, 5) is 0. The molecule has 0 aromatic carbocycles. The molecule has 0 aromatic heterocycles. The van der Waals surface area contributed by atoms with E-state index in [0.717, 1.165) is 45.2 Å². The Morgan fingerprint density at radius 1 is 1.11 bits per heavy atom. The Hall–Kier alpha value is -0.170. The molecule has 1 saturated heterocycles. The third-order valence-corrected chi connectivity index (χ3v) is 5.72. The van der Waals surface area contributed by atoms with Gasteiger partial charge < -0.3 is 5.32 Å². The predicted octanol–water partition coefficient (Wildman–Crippen LogP) is 1.43. The summed E-state index contributed by atoms with van der Waals surface area (Å²) in [5.41, 5.74) is 0. The van der Waals surface area contributed by atoms with E-state index >= 15 is 0 Å². The monoisotopic (exact) mass is 291 g/mol. The van der Waals surface area contributed by atoms with Gasteiger partial charge in [-0.1, -0.05) is 20.3 Å². The van der Waals surface area contributed by atoms with Gasteiger partial charge in [-0.15, -0.1) is 0 Å². The molecule has 0 bridgehead atoms. The highest BCUT2D eigenvalue weighted by Gasteiger charge is 2.32. The summed E-state index contributed by atoms with van der Waals surface area (Å²) in [6.07, 6.45) is 4.63. The van der Waals surface area contributed by atoms with Crippen LogP contribution in [0.3, 0.4) is 0 Å². The zero-order valence-corrected chi connectivity index (χ0v) is 13.4. The van der Waals surface area contributed by atoms with Crippen LogP contribution in [0.15, 0.2) is 0 Å².